The van der Waals surface area contributed by atoms with E-state index in [0.717, 1.165) is 21.7 Å². The average Bonchev–Trinajstić information content (AvgIpc) is 2.99. The lowest BCUT2D eigenvalue weighted by Crippen LogP contribution is -2.30. The molecule has 0 aliphatic rings. The highest BCUT2D eigenvalue weighted by atomic mass is 32.2. The van der Waals surface area contributed by atoms with Gasteiger partial charge in [0.1, 0.15) is 11.4 Å². The molecule has 1 unspecified atom stereocenters. The molecule has 7 nitrogen and oxygen atoms in total. The van der Waals surface area contributed by atoms with E-state index in [1.807, 2.05) is 63.2 Å². The molecule has 4 aromatic carbocycles. The number of amides is 3. The highest BCUT2D eigenvalue weighted by Gasteiger charge is 2.18. The standard InChI is InChI=1S/C34H33N3O4S/c1-22-17-18-23(2)29(19-22)36-32(38)24(3)42-28-15-10-14-27(21-28)35-34(40)30(20-26-13-8-9-16-31(26)41-4)37-33(39)25-11-6-5-7-12-25/h5-21,24H,1-4H3,(H,35,40)(H,36,38)(H,37,39)/b30-20+. The lowest BCUT2D eigenvalue weighted by Gasteiger charge is -2.15. The van der Waals surface area contributed by atoms with E-state index < -0.39 is 11.8 Å². The fraction of sp³-hybridized carbons (Fsp3) is 0.147. The minimum absolute atomic E-state index is 0.0488. The number of para-hydroxylation sites is 1. The van der Waals surface area contributed by atoms with Crippen molar-refractivity contribution in [1.82, 2.24) is 5.32 Å². The van der Waals surface area contributed by atoms with Crippen LogP contribution in [0.15, 0.2) is 108 Å². The second-order valence-corrected chi connectivity index (χ2v) is 11.1. The maximum atomic E-state index is 13.5. The monoisotopic (exact) mass is 579 g/mol. The number of hydrogen-bond donors (Lipinski definition) is 3. The molecule has 0 radical (unpaired) electrons. The minimum atomic E-state index is -0.506. The van der Waals surface area contributed by atoms with Crippen LogP contribution in [0, 0.1) is 13.8 Å². The molecular weight excluding hydrogens is 546 g/mol. The Morgan fingerprint density at radius 2 is 1.57 bits per heavy atom. The van der Waals surface area contributed by atoms with Crippen LogP contribution in [-0.2, 0) is 9.59 Å². The smallest absolute Gasteiger partial charge is 0.272 e. The van der Waals surface area contributed by atoms with Gasteiger partial charge in [0.05, 0.1) is 12.4 Å². The predicted octanol–water partition coefficient (Wildman–Crippen LogP) is 6.84. The van der Waals surface area contributed by atoms with Gasteiger partial charge in [0.2, 0.25) is 5.91 Å². The molecule has 3 amide bonds. The Morgan fingerprint density at radius 3 is 2.33 bits per heavy atom. The van der Waals surface area contributed by atoms with Crippen LogP contribution in [-0.4, -0.2) is 30.1 Å². The molecule has 0 aromatic heterocycles. The van der Waals surface area contributed by atoms with Gasteiger partial charge in [-0.3, -0.25) is 14.4 Å². The van der Waals surface area contributed by atoms with Crippen LogP contribution < -0.4 is 20.7 Å². The zero-order valence-corrected chi connectivity index (χ0v) is 24.8. The summed E-state index contributed by atoms with van der Waals surface area (Å²) in [6.07, 6.45) is 1.58. The van der Waals surface area contributed by atoms with Gasteiger partial charge in [-0.25, -0.2) is 0 Å². The van der Waals surface area contributed by atoms with Crippen molar-refractivity contribution in [3.63, 3.8) is 0 Å². The normalized spacial score (nSPS) is 11.8. The maximum Gasteiger partial charge on any atom is 0.272 e. The zero-order chi connectivity index (χ0) is 30.1. The summed E-state index contributed by atoms with van der Waals surface area (Å²) >= 11 is 1.38. The Bertz CT molecular complexity index is 1620. The molecule has 3 N–H and O–H groups in total. The van der Waals surface area contributed by atoms with E-state index in [0.29, 0.717) is 22.6 Å². The number of ether oxygens (including phenoxy) is 1. The Hall–Kier alpha value is -4.82. The molecule has 0 heterocycles. The van der Waals surface area contributed by atoms with Crippen molar-refractivity contribution in [1.29, 1.82) is 0 Å². The molecule has 4 rings (SSSR count). The Kier molecular flexibility index (Phi) is 10.2. The summed E-state index contributed by atoms with van der Waals surface area (Å²) in [4.78, 5) is 40.2. The van der Waals surface area contributed by atoms with Crippen LogP contribution in [0.2, 0.25) is 0 Å². The number of nitrogens with one attached hydrogen (secondary N) is 3. The molecule has 4 aromatic rings. The summed E-state index contributed by atoms with van der Waals surface area (Å²) in [6, 6.07) is 29.1. The Balaban J connectivity index is 1.51. The molecule has 0 saturated carbocycles. The van der Waals surface area contributed by atoms with E-state index in [2.05, 4.69) is 16.0 Å². The molecule has 1 atom stereocenters. The van der Waals surface area contributed by atoms with Crippen molar-refractivity contribution < 1.29 is 19.1 Å². The minimum Gasteiger partial charge on any atom is -0.496 e. The van der Waals surface area contributed by atoms with E-state index in [-0.39, 0.29) is 16.9 Å². The van der Waals surface area contributed by atoms with Crippen LogP contribution in [0.25, 0.3) is 6.08 Å². The number of benzene rings is 4. The van der Waals surface area contributed by atoms with E-state index in [1.54, 1.807) is 67.8 Å². The first-order valence-corrected chi connectivity index (χ1v) is 14.3. The largest absolute Gasteiger partial charge is 0.496 e. The molecule has 214 valence electrons. The third-order valence-corrected chi connectivity index (χ3v) is 7.49. The fourth-order valence-corrected chi connectivity index (χ4v) is 5.02. The van der Waals surface area contributed by atoms with Gasteiger partial charge in [0.15, 0.2) is 0 Å². The molecule has 42 heavy (non-hydrogen) atoms. The van der Waals surface area contributed by atoms with Crippen LogP contribution in [0.5, 0.6) is 5.75 Å². The van der Waals surface area contributed by atoms with Gasteiger partial charge < -0.3 is 20.7 Å². The van der Waals surface area contributed by atoms with Gasteiger partial charge in [-0.1, -0.05) is 54.6 Å². The molecule has 0 bridgehead atoms. The summed E-state index contributed by atoms with van der Waals surface area (Å²) in [6.45, 7) is 5.78. The SMILES string of the molecule is COc1ccccc1/C=C(/NC(=O)c1ccccc1)C(=O)Nc1cccc(SC(C)C(=O)Nc2cc(C)ccc2C)c1. The number of methoxy groups -OCH3 is 1. The third-order valence-electron chi connectivity index (χ3n) is 6.39. The Morgan fingerprint density at radius 1 is 0.833 bits per heavy atom. The second-order valence-electron chi connectivity index (χ2n) is 9.67. The fourth-order valence-electron chi connectivity index (χ4n) is 4.09. The molecule has 0 fully saturated rings. The van der Waals surface area contributed by atoms with E-state index in [4.69, 9.17) is 4.74 Å². The van der Waals surface area contributed by atoms with Crippen LogP contribution >= 0.6 is 11.8 Å². The van der Waals surface area contributed by atoms with E-state index in [9.17, 15) is 14.4 Å². The number of rotatable bonds is 10. The van der Waals surface area contributed by atoms with Gasteiger partial charge >= 0.3 is 0 Å². The first-order valence-electron chi connectivity index (χ1n) is 13.4. The molecule has 0 aliphatic carbocycles. The highest BCUT2D eigenvalue weighted by Crippen LogP contribution is 2.28. The molecule has 0 spiro atoms. The van der Waals surface area contributed by atoms with Crippen LogP contribution in [0.1, 0.15) is 34.0 Å². The number of anilines is 2. The van der Waals surface area contributed by atoms with Crippen molar-refractivity contribution in [2.24, 2.45) is 0 Å². The summed E-state index contributed by atoms with van der Waals surface area (Å²) < 4.78 is 5.43. The van der Waals surface area contributed by atoms with Gasteiger partial charge in [-0.15, -0.1) is 11.8 Å². The number of carbonyl (C=O) groups is 3. The Labute approximate surface area is 250 Å². The highest BCUT2D eigenvalue weighted by molar-refractivity contribution is 8.00. The lowest BCUT2D eigenvalue weighted by atomic mass is 10.1. The zero-order valence-electron chi connectivity index (χ0n) is 23.9. The van der Waals surface area contributed by atoms with Crippen molar-refractivity contribution in [3.8, 4) is 5.75 Å². The third kappa shape index (κ3) is 8.11. The first kappa shape index (κ1) is 30.1. The van der Waals surface area contributed by atoms with E-state index in [1.165, 1.54) is 11.8 Å². The maximum absolute atomic E-state index is 13.5. The van der Waals surface area contributed by atoms with Gasteiger partial charge in [0.25, 0.3) is 11.8 Å². The summed E-state index contributed by atoms with van der Waals surface area (Å²) in [5, 5.41) is 8.24. The van der Waals surface area contributed by atoms with Crippen molar-refractivity contribution in [2.45, 2.75) is 30.9 Å². The predicted molar refractivity (Wildman–Crippen MR) is 170 cm³/mol. The first-order chi connectivity index (χ1) is 20.2. The quantitative estimate of drug-likeness (QED) is 0.141. The van der Waals surface area contributed by atoms with Gasteiger partial charge in [-0.05, 0) is 80.4 Å². The van der Waals surface area contributed by atoms with Crippen LogP contribution in [0.3, 0.4) is 0 Å². The summed E-state index contributed by atoms with van der Waals surface area (Å²) in [5.41, 5.74) is 4.47. The molecular formula is C34H33N3O4S. The second kappa shape index (κ2) is 14.2. The summed E-state index contributed by atoms with van der Waals surface area (Å²) in [5.74, 6) is -0.481. The average molecular weight is 580 g/mol. The number of aryl methyl sites for hydroxylation is 2. The van der Waals surface area contributed by atoms with Crippen LogP contribution in [0.4, 0.5) is 11.4 Å². The number of carbonyl (C=O) groups excluding carboxylic acids is 3. The van der Waals surface area contributed by atoms with Gasteiger partial charge in [0, 0.05) is 27.4 Å². The van der Waals surface area contributed by atoms with E-state index >= 15 is 0 Å². The topological polar surface area (TPSA) is 96.5 Å². The van der Waals surface area contributed by atoms with Gasteiger partial charge in [-0.2, -0.15) is 0 Å². The van der Waals surface area contributed by atoms with Crippen molar-refractivity contribution in [3.05, 3.63) is 125 Å². The molecule has 0 aliphatic heterocycles. The molecule has 8 heteroatoms. The number of thioether (sulfide) groups is 1. The molecule has 0 saturated heterocycles. The van der Waals surface area contributed by atoms with Crippen molar-refractivity contribution >= 4 is 46.9 Å². The van der Waals surface area contributed by atoms with Crippen molar-refractivity contribution in [2.75, 3.05) is 17.7 Å². The number of hydrogen-bond acceptors (Lipinski definition) is 5. The lowest BCUT2D eigenvalue weighted by molar-refractivity contribution is -0.115. The summed E-state index contributed by atoms with van der Waals surface area (Å²) in [7, 11) is 1.54.